The molecule has 0 spiro atoms. The Kier molecular flexibility index (Phi) is 6.42. The van der Waals surface area contributed by atoms with Crippen LogP contribution >= 0.6 is 23.2 Å². The molecule has 0 amide bonds. The zero-order chi connectivity index (χ0) is 17.5. The predicted octanol–water partition coefficient (Wildman–Crippen LogP) is 5.93. The van der Waals surface area contributed by atoms with Crippen LogP contribution in [-0.4, -0.2) is 10.9 Å². The molecule has 0 fully saturated rings. The second kappa shape index (κ2) is 8.53. The van der Waals surface area contributed by atoms with Crippen molar-refractivity contribution >= 4 is 29.0 Å². The number of para-hydroxylation sites is 1. The van der Waals surface area contributed by atoms with Crippen LogP contribution in [0.4, 0.5) is 0 Å². The quantitative estimate of drug-likeness (QED) is 0.576. The van der Waals surface area contributed by atoms with Crippen molar-refractivity contribution in [1.29, 1.82) is 0 Å². The van der Waals surface area contributed by atoms with E-state index in [1.54, 1.807) is 49.4 Å². The molecule has 3 rings (SSSR count). The summed E-state index contributed by atoms with van der Waals surface area (Å²) in [4.78, 5) is 12.1. The van der Waals surface area contributed by atoms with Gasteiger partial charge in [-0.25, -0.2) is 0 Å². The molecule has 0 unspecified atom stereocenters. The number of aromatic hydroxyl groups is 1. The summed E-state index contributed by atoms with van der Waals surface area (Å²) in [7, 11) is 0. The first kappa shape index (κ1) is 18.1. The largest absolute Gasteiger partial charge is 0.507 e. The van der Waals surface area contributed by atoms with Gasteiger partial charge in [0.1, 0.15) is 5.75 Å². The number of carbonyl (C=O) groups excluding carboxylic acids is 1. The SMILES string of the molecule is Cc1cccc(C(=O)c2ccc(Cl)cc2)c1O.Clc1ccccc1. The van der Waals surface area contributed by atoms with E-state index < -0.39 is 0 Å². The van der Waals surface area contributed by atoms with Crippen molar-refractivity contribution in [2.75, 3.05) is 0 Å². The minimum Gasteiger partial charge on any atom is -0.507 e. The fourth-order valence-corrected chi connectivity index (χ4v) is 2.29. The number of hydrogen-bond donors (Lipinski definition) is 1. The van der Waals surface area contributed by atoms with Gasteiger partial charge in [-0.2, -0.15) is 0 Å². The zero-order valence-electron chi connectivity index (χ0n) is 13.0. The highest BCUT2D eigenvalue weighted by Gasteiger charge is 2.14. The maximum atomic E-state index is 12.1. The summed E-state index contributed by atoms with van der Waals surface area (Å²) in [6.45, 7) is 1.76. The van der Waals surface area contributed by atoms with Crippen LogP contribution in [0.25, 0.3) is 0 Å². The maximum absolute atomic E-state index is 12.1. The lowest BCUT2D eigenvalue weighted by molar-refractivity contribution is 0.103. The van der Waals surface area contributed by atoms with Gasteiger partial charge in [-0.3, -0.25) is 4.79 Å². The van der Waals surface area contributed by atoms with E-state index in [4.69, 9.17) is 23.2 Å². The Balaban J connectivity index is 0.000000249. The Morgan fingerprint density at radius 1 is 0.792 bits per heavy atom. The van der Waals surface area contributed by atoms with Crippen LogP contribution in [0.1, 0.15) is 21.5 Å². The van der Waals surface area contributed by atoms with Crippen LogP contribution in [0.15, 0.2) is 72.8 Å². The van der Waals surface area contributed by atoms with Gasteiger partial charge in [0.05, 0.1) is 5.56 Å². The molecular weight excluding hydrogens is 343 g/mol. The monoisotopic (exact) mass is 358 g/mol. The first-order valence-corrected chi connectivity index (χ1v) is 8.04. The van der Waals surface area contributed by atoms with Crippen LogP contribution in [0, 0.1) is 6.92 Å². The standard InChI is InChI=1S/C14H11ClO2.C6H5Cl/c1-9-3-2-4-12(13(9)16)14(17)10-5-7-11(15)8-6-10;7-6-4-2-1-3-5-6/h2-8,16H,1H3;1-5H. The molecule has 24 heavy (non-hydrogen) atoms. The fraction of sp³-hybridized carbons (Fsp3) is 0.0500. The van der Waals surface area contributed by atoms with Crippen molar-refractivity contribution in [2.45, 2.75) is 6.92 Å². The molecule has 0 atom stereocenters. The normalized spacial score (nSPS) is 9.79. The highest BCUT2D eigenvalue weighted by molar-refractivity contribution is 6.31. The number of carbonyl (C=O) groups is 1. The lowest BCUT2D eigenvalue weighted by Gasteiger charge is -2.06. The second-order valence-corrected chi connectivity index (χ2v) is 5.98. The molecule has 0 heterocycles. The van der Waals surface area contributed by atoms with Gasteiger partial charge in [-0.1, -0.05) is 53.5 Å². The van der Waals surface area contributed by atoms with E-state index in [1.165, 1.54) is 0 Å². The number of phenolic OH excluding ortho intramolecular Hbond substituents is 1. The molecule has 0 radical (unpaired) electrons. The molecule has 2 nitrogen and oxygen atoms in total. The fourth-order valence-electron chi connectivity index (χ4n) is 2.01. The summed E-state index contributed by atoms with van der Waals surface area (Å²) in [5.41, 5.74) is 1.51. The van der Waals surface area contributed by atoms with Gasteiger partial charge in [-0.05, 0) is 55.0 Å². The summed E-state index contributed by atoms with van der Waals surface area (Å²) in [5, 5.41) is 11.2. The minimum absolute atomic E-state index is 0.0347. The number of ketones is 1. The number of hydrogen-bond acceptors (Lipinski definition) is 2. The molecule has 0 aliphatic heterocycles. The summed E-state index contributed by atoms with van der Waals surface area (Å²) in [6, 6.07) is 21.2. The molecule has 0 saturated carbocycles. The van der Waals surface area contributed by atoms with E-state index in [0.717, 1.165) is 5.02 Å². The van der Waals surface area contributed by atoms with Crippen molar-refractivity contribution in [2.24, 2.45) is 0 Å². The minimum atomic E-state index is -0.206. The Bertz CT molecular complexity index is 813. The topological polar surface area (TPSA) is 37.3 Å². The summed E-state index contributed by atoms with van der Waals surface area (Å²) in [6.07, 6.45) is 0. The Morgan fingerprint density at radius 3 is 1.92 bits per heavy atom. The average Bonchev–Trinajstić information content (AvgIpc) is 2.59. The van der Waals surface area contributed by atoms with E-state index in [-0.39, 0.29) is 11.5 Å². The van der Waals surface area contributed by atoms with Gasteiger partial charge >= 0.3 is 0 Å². The van der Waals surface area contributed by atoms with Gasteiger partial charge in [0.15, 0.2) is 5.78 Å². The van der Waals surface area contributed by atoms with Gasteiger partial charge in [0, 0.05) is 15.6 Å². The molecule has 0 saturated heterocycles. The van der Waals surface area contributed by atoms with E-state index in [0.29, 0.717) is 21.7 Å². The van der Waals surface area contributed by atoms with Gasteiger partial charge in [0.25, 0.3) is 0 Å². The molecule has 0 aromatic heterocycles. The third kappa shape index (κ3) is 4.85. The van der Waals surface area contributed by atoms with Crippen molar-refractivity contribution in [3.8, 4) is 5.75 Å². The van der Waals surface area contributed by atoms with E-state index in [1.807, 2.05) is 30.3 Å². The number of benzene rings is 3. The van der Waals surface area contributed by atoms with Crippen LogP contribution in [-0.2, 0) is 0 Å². The molecule has 0 aliphatic rings. The van der Waals surface area contributed by atoms with Crippen LogP contribution < -0.4 is 0 Å². The van der Waals surface area contributed by atoms with Crippen LogP contribution in [0.2, 0.25) is 10.0 Å². The molecule has 3 aromatic carbocycles. The maximum Gasteiger partial charge on any atom is 0.196 e. The van der Waals surface area contributed by atoms with Crippen molar-refractivity contribution in [3.63, 3.8) is 0 Å². The summed E-state index contributed by atoms with van der Waals surface area (Å²) < 4.78 is 0. The highest BCUT2D eigenvalue weighted by atomic mass is 35.5. The lowest BCUT2D eigenvalue weighted by atomic mass is 10.0. The molecule has 3 aromatic rings. The van der Waals surface area contributed by atoms with Crippen molar-refractivity contribution in [3.05, 3.63) is 99.5 Å². The number of rotatable bonds is 2. The molecule has 0 aliphatic carbocycles. The molecule has 122 valence electrons. The van der Waals surface area contributed by atoms with Crippen molar-refractivity contribution in [1.82, 2.24) is 0 Å². The Morgan fingerprint density at radius 2 is 1.38 bits per heavy atom. The second-order valence-electron chi connectivity index (χ2n) is 5.10. The highest BCUT2D eigenvalue weighted by Crippen LogP contribution is 2.24. The van der Waals surface area contributed by atoms with Gasteiger partial charge in [0.2, 0.25) is 0 Å². The van der Waals surface area contributed by atoms with Gasteiger partial charge < -0.3 is 5.11 Å². The average molecular weight is 359 g/mol. The van der Waals surface area contributed by atoms with E-state index >= 15 is 0 Å². The first-order valence-electron chi connectivity index (χ1n) is 7.28. The van der Waals surface area contributed by atoms with Crippen LogP contribution in [0.5, 0.6) is 5.75 Å². The lowest BCUT2D eigenvalue weighted by Crippen LogP contribution is -2.01. The molecule has 0 bridgehead atoms. The summed E-state index contributed by atoms with van der Waals surface area (Å²) in [5.74, 6) is -0.171. The smallest absolute Gasteiger partial charge is 0.196 e. The first-order chi connectivity index (χ1) is 11.5. The van der Waals surface area contributed by atoms with Crippen molar-refractivity contribution < 1.29 is 9.90 Å². The zero-order valence-corrected chi connectivity index (χ0v) is 14.6. The van der Waals surface area contributed by atoms with E-state index in [9.17, 15) is 9.90 Å². The predicted molar refractivity (Wildman–Crippen MR) is 99.2 cm³/mol. The number of aryl methyl sites for hydroxylation is 1. The summed E-state index contributed by atoms with van der Waals surface area (Å²) >= 11 is 11.3. The molecule has 4 heteroatoms. The van der Waals surface area contributed by atoms with E-state index in [2.05, 4.69) is 0 Å². The molecule has 1 N–H and O–H groups in total. The molecular formula is C20H16Cl2O2. The van der Waals surface area contributed by atoms with Crippen LogP contribution in [0.3, 0.4) is 0 Å². The Labute approximate surface area is 151 Å². The third-order valence-corrected chi connectivity index (χ3v) is 3.83. The number of phenols is 1. The number of halogens is 2. The third-order valence-electron chi connectivity index (χ3n) is 3.32. The Hall–Kier alpha value is -2.29. The van der Waals surface area contributed by atoms with Gasteiger partial charge in [-0.15, -0.1) is 0 Å².